The van der Waals surface area contributed by atoms with Crippen LogP contribution in [0.5, 0.6) is 17.2 Å². The lowest BCUT2D eigenvalue weighted by Crippen LogP contribution is -2.51. The molecule has 3 rings (SSSR count). The molecular weight excluding hydrogens is 360 g/mol. The van der Waals surface area contributed by atoms with Gasteiger partial charge >= 0.3 is 0 Å². The minimum atomic E-state index is -0.287. The predicted molar refractivity (Wildman–Crippen MR) is 104 cm³/mol. The molecule has 1 aliphatic rings. The Bertz CT molecular complexity index is 868. The van der Waals surface area contributed by atoms with Crippen molar-refractivity contribution in [1.29, 1.82) is 0 Å². The summed E-state index contributed by atoms with van der Waals surface area (Å²) in [5.41, 5.74) is 2.49. The minimum Gasteiger partial charge on any atom is -0.508 e. The molecule has 0 unspecified atom stereocenters. The highest BCUT2D eigenvalue weighted by Gasteiger charge is 2.25. The smallest absolute Gasteiger partial charge is 0.260 e. The lowest BCUT2D eigenvalue weighted by molar-refractivity contribution is -0.134. The van der Waals surface area contributed by atoms with Crippen molar-refractivity contribution < 1.29 is 24.5 Å². The number of benzene rings is 2. The van der Waals surface area contributed by atoms with E-state index in [4.69, 9.17) is 4.74 Å². The number of hydrogen-bond acceptors (Lipinski definition) is 5. The topological polar surface area (TPSA) is 90.3 Å². The maximum absolute atomic E-state index is 12.5. The summed E-state index contributed by atoms with van der Waals surface area (Å²) in [7, 11) is 0. The van der Waals surface area contributed by atoms with Crippen molar-refractivity contribution in [1.82, 2.24) is 9.80 Å². The van der Waals surface area contributed by atoms with Gasteiger partial charge in [-0.05, 0) is 49.2 Å². The van der Waals surface area contributed by atoms with Crippen LogP contribution in [0.2, 0.25) is 0 Å². The van der Waals surface area contributed by atoms with Crippen molar-refractivity contribution in [2.45, 2.75) is 13.8 Å². The highest BCUT2D eigenvalue weighted by atomic mass is 16.5. The highest BCUT2D eigenvalue weighted by molar-refractivity contribution is 5.95. The Labute approximate surface area is 163 Å². The Balaban J connectivity index is 1.52. The van der Waals surface area contributed by atoms with Gasteiger partial charge in [-0.3, -0.25) is 9.59 Å². The van der Waals surface area contributed by atoms with E-state index in [9.17, 15) is 19.8 Å². The molecule has 2 amide bonds. The SMILES string of the molecule is Cc1ccc(OCC(=O)N2CCN(C(=O)c3cc(O)cc(O)c3)CC2)cc1C. The molecule has 2 aromatic carbocycles. The zero-order valence-corrected chi connectivity index (χ0v) is 16.0. The minimum absolute atomic E-state index is 0.0448. The number of carbonyl (C=O) groups is 2. The summed E-state index contributed by atoms with van der Waals surface area (Å²) in [6.45, 7) is 5.54. The van der Waals surface area contributed by atoms with Crippen LogP contribution in [0.3, 0.4) is 0 Å². The van der Waals surface area contributed by atoms with E-state index in [1.165, 1.54) is 23.8 Å². The van der Waals surface area contributed by atoms with Gasteiger partial charge in [-0.15, -0.1) is 0 Å². The number of carbonyl (C=O) groups excluding carboxylic acids is 2. The van der Waals surface area contributed by atoms with E-state index in [0.29, 0.717) is 31.9 Å². The molecule has 7 heteroatoms. The molecule has 0 bridgehead atoms. The average molecular weight is 384 g/mol. The zero-order chi connectivity index (χ0) is 20.3. The molecule has 28 heavy (non-hydrogen) atoms. The molecule has 0 spiro atoms. The van der Waals surface area contributed by atoms with E-state index >= 15 is 0 Å². The first-order chi connectivity index (χ1) is 13.3. The Kier molecular flexibility index (Phi) is 5.73. The molecule has 0 saturated carbocycles. The molecule has 0 aromatic heterocycles. The molecular formula is C21H24N2O5. The largest absolute Gasteiger partial charge is 0.508 e. The van der Waals surface area contributed by atoms with Gasteiger partial charge in [0.1, 0.15) is 17.2 Å². The van der Waals surface area contributed by atoms with Crippen LogP contribution in [-0.4, -0.2) is 64.6 Å². The summed E-state index contributed by atoms with van der Waals surface area (Å²) in [5, 5.41) is 19.1. The zero-order valence-electron chi connectivity index (χ0n) is 16.0. The number of piperazine rings is 1. The van der Waals surface area contributed by atoms with Gasteiger partial charge < -0.3 is 24.7 Å². The normalized spacial score (nSPS) is 14.1. The Hall–Kier alpha value is -3.22. The summed E-state index contributed by atoms with van der Waals surface area (Å²) < 4.78 is 5.60. The molecule has 2 N–H and O–H groups in total. The first-order valence-electron chi connectivity index (χ1n) is 9.13. The average Bonchev–Trinajstić information content (AvgIpc) is 2.67. The van der Waals surface area contributed by atoms with E-state index in [-0.39, 0.29) is 35.5 Å². The number of phenolic OH excluding ortho intramolecular Hbond substituents is 2. The van der Waals surface area contributed by atoms with Crippen molar-refractivity contribution in [2.75, 3.05) is 32.8 Å². The van der Waals surface area contributed by atoms with Crippen molar-refractivity contribution in [2.24, 2.45) is 0 Å². The highest BCUT2D eigenvalue weighted by Crippen LogP contribution is 2.22. The van der Waals surface area contributed by atoms with E-state index in [2.05, 4.69) is 0 Å². The van der Waals surface area contributed by atoms with Gasteiger partial charge in [-0.2, -0.15) is 0 Å². The number of amides is 2. The Morgan fingerprint density at radius 1 is 0.893 bits per heavy atom. The maximum atomic E-state index is 12.5. The number of nitrogens with zero attached hydrogens (tertiary/aromatic N) is 2. The first-order valence-corrected chi connectivity index (χ1v) is 9.13. The maximum Gasteiger partial charge on any atom is 0.260 e. The second-order valence-electron chi connectivity index (χ2n) is 6.95. The lowest BCUT2D eigenvalue weighted by Gasteiger charge is -2.34. The fourth-order valence-electron chi connectivity index (χ4n) is 3.10. The second kappa shape index (κ2) is 8.21. The quantitative estimate of drug-likeness (QED) is 0.842. The van der Waals surface area contributed by atoms with Gasteiger partial charge in [-0.25, -0.2) is 0 Å². The predicted octanol–water partition coefficient (Wildman–Crippen LogP) is 2.08. The van der Waals surface area contributed by atoms with Crippen molar-refractivity contribution in [3.8, 4) is 17.2 Å². The molecule has 1 fully saturated rings. The summed E-state index contributed by atoms with van der Waals surface area (Å²) >= 11 is 0. The molecule has 1 heterocycles. The number of aromatic hydroxyl groups is 2. The first kappa shape index (κ1) is 19.5. The van der Waals surface area contributed by atoms with Crippen molar-refractivity contribution >= 4 is 11.8 Å². The number of rotatable bonds is 4. The summed E-state index contributed by atoms with van der Waals surface area (Å²) in [5.74, 6) is -0.0831. The summed E-state index contributed by atoms with van der Waals surface area (Å²) in [4.78, 5) is 28.2. The van der Waals surface area contributed by atoms with Crippen LogP contribution in [-0.2, 0) is 4.79 Å². The molecule has 7 nitrogen and oxygen atoms in total. The van der Waals surface area contributed by atoms with Crippen LogP contribution in [0, 0.1) is 13.8 Å². The number of hydrogen-bond donors (Lipinski definition) is 2. The third kappa shape index (κ3) is 4.54. The van der Waals surface area contributed by atoms with Gasteiger partial charge in [-0.1, -0.05) is 6.07 Å². The second-order valence-corrected chi connectivity index (χ2v) is 6.95. The van der Waals surface area contributed by atoms with Crippen molar-refractivity contribution in [3.05, 3.63) is 53.1 Å². The molecule has 0 atom stereocenters. The third-order valence-electron chi connectivity index (χ3n) is 4.91. The van der Waals surface area contributed by atoms with Crippen LogP contribution < -0.4 is 4.74 Å². The van der Waals surface area contributed by atoms with Crippen LogP contribution in [0.15, 0.2) is 36.4 Å². The Morgan fingerprint density at radius 3 is 2.11 bits per heavy atom. The monoisotopic (exact) mass is 384 g/mol. The van der Waals surface area contributed by atoms with E-state index in [0.717, 1.165) is 5.56 Å². The van der Waals surface area contributed by atoms with E-state index < -0.39 is 0 Å². The molecule has 148 valence electrons. The fourth-order valence-corrected chi connectivity index (χ4v) is 3.10. The number of ether oxygens (including phenoxy) is 1. The standard InChI is InChI=1S/C21H24N2O5/c1-14-3-4-19(9-15(14)2)28-13-20(26)22-5-7-23(8-6-22)21(27)16-10-17(24)12-18(25)11-16/h3-4,9-12,24-25H,5-8,13H2,1-2H3. The molecule has 0 radical (unpaired) electrons. The van der Waals surface area contributed by atoms with Crippen LogP contribution in [0.1, 0.15) is 21.5 Å². The number of aryl methyl sites for hydroxylation is 2. The number of phenols is 2. The fraction of sp³-hybridized carbons (Fsp3) is 0.333. The Morgan fingerprint density at radius 2 is 1.50 bits per heavy atom. The van der Waals surface area contributed by atoms with Crippen LogP contribution in [0.4, 0.5) is 0 Å². The lowest BCUT2D eigenvalue weighted by atomic mass is 10.1. The van der Waals surface area contributed by atoms with Crippen molar-refractivity contribution in [3.63, 3.8) is 0 Å². The van der Waals surface area contributed by atoms with Crippen LogP contribution in [0.25, 0.3) is 0 Å². The van der Waals surface area contributed by atoms with E-state index in [1.807, 2.05) is 32.0 Å². The molecule has 1 aliphatic heterocycles. The van der Waals surface area contributed by atoms with Gasteiger partial charge in [0.2, 0.25) is 0 Å². The molecule has 2 aromatic rings. The molecule has 1 saturated heterocycles. The van der Waals surface area contributed by atoms with Gasteiger partial charge in [0.15, 0.2) is 6.61 Å². The van der Waals surface area contributed by atoms with E-state index in [1.54, 1.807) is 9.80 Å². The van der Waals surface area contributed by atoms with Gasteiger partial charge in [0.05, 0.1) is 0 Å². The van der Waals surface area contributed by atoms with Gasteiger partial charge in [0.25, 0.3) is 11.8 Å². The third-order valence-corrected chi connectivity index (χ3v) is 4.91. The molecule has 0 aliphatic carbocycles. The summed E-state index contributed by atoms with van der Waals surface area (Å²) in [6.07, 6.45) is 0. The van der Waals surface area contributed by atoms with Gasteiger partial charge in [0, 0.05) is 37.8 Å². The summed E-state index contributed by atoms with van der Waals surface area (Å²) in [6, 6.07) is 9.51. The van der Waals surface area contributed by atoms with Crippen LogP contribution >= 0.6 is 0 Å².